The monoisotopic (exact) mass is 398 g/mol. The lowest BCUT2D eigenvalue weighted by Crippen LogP contribution is -2.44. The normalized spacial score (nSPS) is 21.6. The molecule has 4 nitrogen and oxygen atoms in total. The molecule has 0 spiro atoms. The fourth-order valence-corrected chi connectivity index (χ4v) is 4.74. The van der Waals surface area contributed by atoms with Crippen LogP contribution in [0.2, 0.25) is 5.02 Å². The second-order valence-electron chi connectivity index (χ2n) is 7.87. The molecular formula is C22H24ClFN4. The molecule has 5 rings (SSSR count). The molecule has 2 saturated heterocycles. The molecule has 0 unspecified atom stereocenters. The van der Waals surface area contributed by atoms with E-state index in [-0.39, 0.29) is 0 Å². The average Bonchev–Trinajstić information content (AvgIpc) is 3.34. The number of H-pyrrole nitrogens is 1. The molecule has 3 aromatic rings. The molecule has 6 heteroatoms. The summed E-state index contributed by atoms with van der Waals surface area (Å²) in [5.41, 5.74) is 4.05. The number of fused-ring (bicyclic) bond motifs is 1. The van der Waals surface area contributed by atoms with Crippen molar-refractivity contribution in [2.45, 2.75) is 31.5 Å². The highest BCUT2D eigenvalue weighted by Crippen LogP contribution is 2.33. The van der Waals surface area contributed by atoms with Gasteiger partial charge >= 0.3 is 0 Å². The van der Waals surface area contributed by atoms with Gasteiger partial charge in [0.2, 0.25) is 0 Å². The minimum atomic E-state index is -0.638. The summed E-state index contributed by atoms with van der Waals surface area (Å²) in [7, 11) is 0. The Kier molecular flexibility index (Phi) is 4.73. The number of benzene rings is 2. The summed E-state index contributed by atoms with van der Waals surface area (Å²) in [5.74, 6) is 0.800. The summed E-state index contributed by atoms with van der Waals surface area (Å²) in [6.07, 6.45) is 2.21. The first-order valence-electron chi connectivity index (χ1n) is 10.0. The molecule has 1 aromatic heterocycles. The van der Waals surface area contributed by atoms with Crippen LogP contribution < -0.4 is 4.90 Å². The zero-order chi connectivity index (χ0) is 19.1. The van der Waals surface area contributed by atoms with Gasteiger partial charge in [-0.15, -0.1) is 0 Å². The van der Waals surface area contributed by atoms with Gasteiger partial charge in [-0.2, -0.15) is 0 Å². The van der Waals surface area contributed by atoms with E-state index < -0.39 is 6.17 Å². The Bertz CT molecular complexity index is 947. The molecule has 0 saturated carbocycles. The first kappa shape index (κ1) is 18.0. The summed E-state index contributed by atoms with van der Waals surface area (Å²) in [4.78, 5) is 12.8. The van der Waals surface area contributed by atoms with E-state index in [9.17, 15) is 4.39 Å². The fraction of sp³-hybridized carbons (Fsp3) is 0.409. The number of hydrogen-bond donors (Lipinski definition) is 1. The van der Waals surface area contributed by atoms with Crippen molar-refractivity contribution in [1.82, 2.24) is 14.9 Å². The van der Waals surface area contributed by atoms with E-state index >= 15 is 0 Å². The number of piperidine rings is 1. The summed E-state index contributed by atoms with van der Waals surface area (Å²) < 4.78 is 13.5. The van der Waals surface area contributed by atoms with Crippen molar-refractivity contribution in [2.24, 2.45) is 0 Å². The Morgan fingerprint density at radius 1 is 1.04 bits per heavy atom. The number of rotatable bonds is 3. The summed E-state index contributed by atoms with van der Waals surface area (Å²) in [5, 5.41) is 0.698. The number of nitrogens with one attached hydrogen (secondary N) is 1. The number of nitrogens with zero attached hydrogens (tertiary/aromatic N) is 3. The highest BCUT2D eigenvalue weighted by atomic mass is 35.5. The first-order valence-corrected chi connectivity index (χ1v) is 10.4. The van der Waals surface area contributed by atoms with E-state index in [1.54, 1.807) is 0 Å². The molecule has 1 atom stereocenters. The van der Waals surface area contributed by atoms with Gasteiger partial charge in [-0.3, -0.25) is 4.90 Å². The number of anilines is 1. The topological polar surface area (TPSA) is 35.2 Å². The van der Waals surface area contributed by atoms with Gasteiger partial charge in [0.05, 0.1) is 16.1 Å². The molecule has 28 heavy (non-hydrogen) atoms. The third kappa shape index (κ3) is 3.38. The fourth-order valence-electron chi connectivity index (χ4n) is 4.54. The molecular weight excluding hydrogens is 375 g/mol. The van der Waals surface area contributed by atoms with Gasteiger partial charge < -0.3 is 9.88 Å². The Hall–Kier alpha value is -2.11. The highest BCUT2D eigenvalue weighted by molar-refractivity contribution is 6.33. The van der Waals surface area contributed by atoms with Crippen LogP contribution in [0.15, 0.2) is 42.5 Å². The van der Waals surface area contributed by atoms with Gasteiger partial charge in [-0.1, -0.05) is 23.7 Å². The van der Waals surface area contributed by atoms with Crippen molar-refractivity contribution in [3.05, 3.63) is 47.5 Å². The molecule has 0 bridgehead atoms. The number of aromatic amines is 1. The van der Waals surface area contributed by atoms with Crippen LogP contribution in [-0.2, 0) is 0 Å². The van der Waals surface area contributed by atoms with E-state index in [0.717, 1.165) is 54.9 Å². The number of imidazole rings is 1. The van der Waals surface area contributed by atoms with E-state index in [2.05, 4.69) is 26.9 Å². The molecule has 2 aromatic carbocycles. The maximum atomic E-state index is 13.5. The summed E-state index contributed by atoms with van der Waals surface area (Å²) in [6.45, 7) is 3.49. The average molecular weight is 399 g/mol. The third-order valence-corrected chi connectivity index (χ3v) is 6.43. The SMILES string of the molecule is F[C@@H]1CCN(C2CCN(c3ccc(Cl)c(-c4nc5ccccc5[nH]4)c3)CC2)C1. The van der Waals surface area contributed by atoms with Crippen molar-refractivity contribution in [1.29, 1.82) is 0 Å². The van der Waals surface area contributed by atoms with E-state index in [4.69, 9.17) is 16.6 Å². The van der Waals surface area contributed by atoms with Crippen molar-refractivity contribution in [2.75, 3.05) is 31.1 Å². The molecule has 0 radical (unpaired) electrons. The minimum Gasteiger partial charge on any atom is -0.371 e. The standard InChI is InChI=1S/C22H24ClFN4/c23-19-6-5-17(13-18(19)22-25-20-3-1-2-4-21(20)26-22)27-11-8-16(9-12-27)28-10-7-15(24)14-28/h1-6,13,15-16H,7-12,14H2,(H,25,26)/t15-/m1/s1. The number of para-hydroxylation sites is 2. The summed E-state index contributed by atoms with van der Waals surface area (Å²) >= 11 is 6.50. The van der Waals surface area contributed by atoms with Crippen molar-refractivity contribution in [3.63, 3.8) is 0 Å². The molecule has 2 aliphatic heterocycles. The Morgan fingerprint density at radius 2 is 1.86 bits per heavy atom. The molecule has 0 aliphatic carbocycles. The molecule has 0 amide bonds. The zero-order valence-corrected chi connectivity index (χ0v) is 16.5. The van der Waals surface area contributed by atoms with Crippen LogP contribution >= 0.6 is 11.6 Å². The van der Waals surface area contributed by atoms with Gasteiger partial charge in [0.15, 0.2) is 0 Å². The van der Waals surface area contributed by atoms with Crippen LogP contribution in [0.1, 0.15) is 19.3 Å². The Morgan fingerprint density at radius 3 is 2.61 bits per heavy atom. The van der Waals surface area contributed by atoms with Gasteiger partial charge in [0.1, 0.15) is 12.0 Å². The van der Waals surface area contributed by atoms with E-state index in [0.29, 0.717) is 24.0 Å². The Labute approximate surface area is 169 Å². The van der Waals surface area contributed by atoms with E-state index in [1.807, 2.05) is 30.3 Å². The highest BCUT2D eigenvalue weighted by Gasteiger charge is 2.30. The van der Waals surface area contributed by atoms with Crippen molar-refractivity contribution < 1.29 is 4.39 Å². The molecule has 146 valence electrons. The predicted octanol–water partition coefficient (Wildman–Crippen LogP) is 4.90. The van der Waals surface area contributed by atoms with E-state index in [1.165, 1.54) is 5.69 Å². The van der Waals surface area contributed by atoms with Gasteiger partial charge in [0, 0.05) is 43.5 Å². The zero-order valence-electron chi connectivity index (χ0n) is 15.7. The van der Waals surface area contributed by atoms with Gasteiger partial charge in [-0.25, -0.2) is 9.37 Å². The lowest BCUT2D eigenvalue weighted by atomic mass is 10.0. The number of hydrogen-bond acceptors (Lipinski definition) is 3. The lowest BCUT2D eigenvalue weighted by Gasteiger charge is -2.37. The quantitative estimate of drug-likeness (QED) is 0.681. The third-order valence-electron chi connectivity index (χ3n) is 6.10. The van der Waals surface area contributed by atoms with Crippen LogP contribution in [0.4, 0.5) is 10.1 Å². The summed E-state index contributed by atoms with van der Waals surface area (Å²) in [6, 6.07) is 14.7. The second kappa shape index (κ2) is 7.37. The van der Waals surface area contributed by atoms with Crippen molar-refractivity contribution >= 4 is 28.3 Å². The van der Waals surface area contributed by atoms with Gasteiger partial charge in [-0.05, 0) is 49.6 Å². The maximum absolute atomic E-state index is 13.5. The molecule has 1 N–H and O–H groups in total. The maximum Gasteiger partial charge on any atom is 0.140 e. The smallest absolute Gasteiger partial charge is 0.140 e. The number of likely N-dealkylation sites (tertiary alicyclic amines) is 1. The number of alkyl halides is 1. The lowest BCUT2D eigenvalue weighted by molar-refractivity contribution is 0.192. The van der Waals surface area contributed by atoms with Crippen LogP contribution in [-0.4, -0.2) is 53.3 Å². The second-order valence-corrected chi connectivity index (χ2v) is 8.27. The number of halogens is 2. The van der Waals surface area contributed by atoms with Crippen LogP contribution in [0.5, 0.6) is 0 Å². The Balaban J connectivity index is 1.35. The molecule has 2 aliphatic rings. The van der Waals surface area contributed by atoms with Crippen LogP contribution in [0.3, 0.4) is 0 Å². The largest absolute Gasteiger partial charge is 0.371 e. The number of aromatic nitrogens is 2. The first-order chi connectivity index (χ1) is 13.7. The predicted molar refractivity (Wildman–Crippen MR) is 113 cm³/mol. The van der Waals surface area contributed by atoms with Crippen LogP contribution in [0.25, 0.3) is 22.4 Å². The van der Waals surface area contributed by atoms with Gasteiger partial charge in [0.25, 0.3) is 0 Å². The molecule has 3 heterocycles. The van der Waals surface area contributed by atoms with Crippen LogP contribution in [0, 0.1) is 0 Å². The minimum absolute atomic E-state index is 0.513. The van der Waals surface area contributed by atoms with Crippen molar-refractivity contribution in [3.8, 4) is 11.4 Å². The molecule has 2 fully saturated rings.